The number of nitrogens with one attached hydrogen (secondary N) is 1. The second-order valence-electron chi connectivity index (χ2n) is 8.20. The molecule has 1 aromatic heterocycles. The summed E-state index contributed by atoms with van der Waals surface area (Å²) in [6.07, 6.45) is 2.98. The van der Waals surface area contributed by atoms with Gasteiger partial charge in [0.1, 0.15) is 0 Å². The number of rotatable bonds is 13. The number of halogens is 1. The number of aromatic nitrogens is 1. The SMILES string of the molecule is O=C([O-])CC[C@@H](CN(Cc1ccc(C(=O)[O-])cc1)Cc1cccnc1)NS(=O)(=O)c1ccc(Cl)cc1.[Na+].[Na+]. The van der Waals surface area contributed by atoms with Gasteiger partial charge in [-0.3, -0.25) is 9.88 Å². The van der Waals surface area contributed by atoms with Crippen molar-refractivity contribution in [1.29, 1.82) is 0 Å². The number of carbonyl (C=O) groups is 2. The standard InChI is InChI=1S/C25H26ClN3O6S.2Na/c26-21-7-10-23(11-8-21)36(34,35)28-22(9-12-24(30)31)17-29(16-19-2-1-13-27-14-19)15-18-3-5-20(6-4-18)25(32)33;;/h1-8,10-11,13-14,22,28H,9,12,15-17H2,(H,30,31)(H,32,33);;/q;2*+1/p-2/t22-;;/m0../s1. The molecule has 1 N–H and O–H groups in total. The van der Waals surface area contributed by atoms with Crippen LogP contribution in [0.1, 0.15) is 34.3 Å². The molecule has 0 aliphatic rings. The summed E-state index contributed by atoms with van der Waals surface area (Å²) in [5, 5.41) is 22.6. The molecule has 0 aliphatic heterocycles. The van der Waals surface area contributed by atoms with Crippen LogP contribution in [-0.2, 0) is 27.9 Å². The van der Waals surface area contributed by atoms with Crippen molar-refractivity contribution in [1.82, 2.24) is 14.6 Å². The molecule has 190 valence electrons. The normalized spacial score (nSPS) is 11.7. The molecule has 1 atom stereocenters. The van der Waals surface area contributed by atoms with Gasteiger partial charge < -0.3 is 19.8 Å². The van der Waals surface area contributed by atoms with Crippen LogP contribution in [0.25, 0.3) is 0 Å². The zero-order valence-corrected chi connectivity index (χ0v) is 26.7. The van der Waals surface area contributed by atoms with Gasteiger partial charge in [0.2, 0.25) is 10.0 Å². The van der Waals surface area contributed by atoms with E-state index < -0.39 is 28.0 Å². The predicted molar refractivity (Wildman–Crippen MR) is 129 cm³/mol. The Morgan fingerprint density at radius 1 is 0.947 bits per heavy atom. The molecular formula is C25H24ClN3Na2O6S. The molecule has 0 saturated heterocycles. The largest absolute Gasteiger partial charge is 1.00 e. The predicted octanol–water partition coefficient (Wildman–Crippen LogP) is -5.01. The van der Waals surface area contributed by atoms with E-state index in [1.165, 1.54) is 36.4 Å². The molecule has 0 unspecified atom stereocenters. The van der Waals surface area contributed by atoms with E-state index >= 15 is 0 Å². The van der Waals surface area contributed by atoms with Crippen LogP contribution in [0.3, 0.4) is 0 Å². The Balaban J connectivity index is 0.00000361. The van der Waals surface area contributed by atoms with E-state index in [-0.39, 0.29) is 89.0 Å². The first-order valence-corrected chi connectivity index (χ1v) is 12.9. The van der Waals surface area contributed by atoms with Crippen molar-refractivity contribution in [2.75, 3.05) is 6.54 Å². The Hall–Kier alpha value is -1.31. The molecule has 9 nitrogen and oxygen atoms in total. The Kier molecular flexibility index (Phi) is 15.3. The summed E-state index contributed by atoms with van der Waals surface area (Å²) in [5.74, 6) is -2.57. The number of aliphatic carboxylic acids is 1. The first-order chi connectivity index (χ1) is 17.1. The van der Waals surface area contributed by atoms with Crippen LogP contribution in [-0.4, -0.2) is 42.8 Å². The molecular weight excluding hydrogens is 552 g/mol. The minimum absolute atomic E-state index is 0. The fourth-order valence-corrected chi connectivity index (χ4v) is 5.02. The monoisotopic (exact) mass is 575 g/mol. The molecule has 0 spiro atoms. The summed E-state index contributed by atoms with van der Waals surface area (Å²) in [5.41, 5.74) is 1.69. The van der Waals surface area contributed by atoms with Gasteiger partial charge in [0.05, 0.1) is 10.9 Å². The molecule has 0 radical (unpaired) electrons. The van der Waals surface area contributed by atoms with E-state index in [9.17, 15) is 28.2 Å². The fourth-order valence-electron chi connectivity index (χ4n) is 3.63. The molecule has 0 amide bonds. The summed E-state index contributed by atoms with van der Waals surface area (Å²) in [6, 6.07) is 14.7. The van der Waals surface area contributed by atoms with Crippen molar-refractivity contribution in [3.63, 3.8) is 0 Å². The zero-order valence-electron chi connectivity index (χ0n) is 21.2. The van der Waals surface area contributed by atoms with E-state index in [0.717, 1.165) is 11.1 Å². The molecule has 0 saturated carbocycles. The molecule has 2 aromatic carbocycles. The quantitative estimate of drug-likeness (QED) is 0.200. The average Bonchev–Trinajstić information content (AvgIpc) is 2.83. The summed E-state index contributed by atoms with van der Waals surface area (Å²) < 4.78 is 28.6. The smallest absolute Gasteiger partial charge is 0.550 e. The number of nitrogens with zero attached hydrogens (tertiary/aromatic N) is 2. The van der Waals surface area contributed by atoms with Gasteiger partial charge in [-0.05, 0) is 59.9 Å². The van der Waals surface area contributed by atoms with Gasteiger partial charge in [0, 0.05) is 49.1 Å². The minimum Gasteiger partial charge on any atom is -0.550 e. The number of sulfonamides is 1. The molecule has 38 heavy (non-hydrogen) atoms. The van der Waals surface area contributed by atoms with Gasteiger partial charge in [-0.25, -0.2) is 13.1 Å². The third-order valence-corrected chi connectivity index (χ3v) is 7.13. The topological polar surface area (TPSA) is 143 Å². The Morgan fingerprint density at radius 2 is 1.58 bits per heavy atom. The van der Waals surface area contributed by atoms with E-state index in [0.29, 0.717) is 18.1 Å². The molecule has 0 aliphatic carbocycles. The van der Waals surface area contributed by atoms with Crippen LogP contribution in [0.15, 0.2) is 78.0 Å². The summed E-state index contributed by atoms with van der Waals surface area (Å²) >= 11 is 5.87. The molecule has 13 heteroatoms. The number of carbonyl (C=O) groups excluding carboxylic acids is 2. The van der Waals surface area contributed by atoms with Crippen molar-refractivity contribution >= 4 is 33.6 Å². The average molecular weight is 576 g/mol. The summed E-state index contributed by atoms with van der Waals surface area (Å²) in [4.78, 5) is 28.3. The van der Waals surface area contributed by atoms with Crippen LogP contribution < -0.4 is 74.0 Å². The van der Waals surface area contributed by atoms with Crippen LogP contribution in [0.5, 0.6) is 0 Å². The minimum atomic E-state index is -3.96. The number of benzene rings is 2. The Labute approximate surface area is 271 Å². The third kappa shape index (κ3) is 11.4. The van der Waals surface area contributed by atoms with Crippen molar-refractivity contribution in [2.45, 2.75) is 36.9 Å². The number of hydrogen-bond donors (Lipinski definition) is 1. The van der Waals surface area contributed by atoms with Crippen LogP contribution in [0.4, 0.5) is 0 Å². The Morgan fingerprint density at radius 3 is 2.13 bits per heavy atom. The van der Waals surface area contributed by atoms with Crippen molar-refractivity contribution in [3.05, 3.63) is 94.8 Å². The fraction of sp³-hybridized carbons (Fsp3) is 0.240. The third-order valence-electron chi connectivity index (χ3n) is 5.35. The summed E-state index contributed by atoms with van der Waals surface area (Å²) in [7, 11) is -3.96. The van der Waals surface area contributed by atoms with Crippen LogP contribution in [0, 0.1) is 0 Å². The second-order valence-corrected chi connectivity index (χ2v) is 10.3. The van der Waals surface area contributed by atoms with E-state index in [4.69, 9.17) is 11.6 Å². The maximum atomic E-state index is 13.0. The molecule has 3 rings (SSSR count). The number of carboxylic acids is 2. The Bertz CT molecular complexity index is 1280. The molecule has 1 heterocycles. The molecule has 0 bridgehead atoms. The van der Waals surface area contributed by atoms with E-state index in [2.05, 4.69) is 9.71 Å². The number of carboxylic acid groups (broad SMARTS) is 2. The van der Waals surface area contributed by atoms with Crippen LogP contribution >= 0.6 is 11.6 Å². The van der Waals surface area contributed by atoms with E-state index in [1.54, 1.807) is 30.6 Å². The van der Waals surface area contributed by atoms with Gasteiger partial charge in [-0.1, -0.05) is 41.9 Å². The zero-order chi connectivity index (χ0) is 26.1. The number of aromatic carboxylic acids is 1. The van der Waals surface area contributed by atoms with Crippen molar-refractivity contribution < 1.29 is 87.3 Å². The van der Waals surface area contributed by atoms with Crippen LogP contribution in [0.2, 0.25) is 5.02 Å². The molecule has 3 aromatic rings. The second kappa shape index (κ2) is 16.7. The number of pyridine rings is 1. The first kappa shape index (κ1) is 34.7. The van der Waals surface area contributed by atoms with Crippen molar-refractivity contribution in [3.8, 4) is 0 Å². The molecule has 0 fully saturated rings. The van der Waals surface area contributed by atoms with Gasteiger partial charge in [-0.2, -0.15) is 0 Å². The van der Waals surface area contributed by atoms with Gasteiger partial charge in [-0.15, -0.1) is 0 Å². The maximum Gasteiger partial charge on any atom is 1.00 e. The first-order valence-electron chi connectivity index (χ1n) is 11.0. The van der Waals surface area contributed by atoms with Gasteiger partial charge in [0.15, 0.2) is 0 Å². The summed E-state index contributed by atoms with van der Waals surface area (Å²) in [6.45, 7) is 0.893. The van der Waals surface area contributed by atoms with Gasteiger partial charge >= 0.3 is 59.1 Å². The number of hydrogen-bond acceptors (Lipinski definition) is 8. The maximum absolute atomic E-state index is 13.0. The van der Waals surface area contributed by atoms with Crippen molar-refractivity contribution in [2.24, 2.45) is 0 Å². The van der Waals surface area contributed by atoms with E-state index in [1.807, 2.05) is 11.0 Å². The van der Waals surface area contributed by atoms with Gasteiger partial charge in [0.25, 0.3) is 0 Å².